The highest BCUT2D eigenvalue weighted by atomic mass is 79.9. The molecule has 3 aromatic carbocycles. The van der Waals surface area contributed by atoms with Gasteiger partial charge in [-0.3, -0.25) is 9.10 Å². The number of aromatic nitrogens is 1. The van der Waals surface area contributed by atoms with Gasteiger partial charge in [-0.1, -0.05) is 46.3 Å². The smallest absolute Gasteiger partial charge is 0.264 e. The van der Waals surface area contributed by atoms with Crippen molar-refractivity contribution in [1.82, 2.24) is 9.99 Å². The van der Waals surface area contributed by atoms with Crippen LogP contribution in [0.1, 0.15) is 17.0 Å². The number of amides is 1. The molecule has 1 amide bonds. The Bertz CT molecular complexity index is 1580. The summed E-state index contributed by atoms with van der Waals surface area (Å²) in [6, 6.07) is 24.4. The summed E-state index contributed by atoms with van der Waals surface area (Å²) in [7, 11) is -2.55. The highest BCUT2D eigenvalue weighted by Gasteiger charge is 2.27. The number of rotatable bonds is 9. The highest BCUT2D eigenvalue weighted by molar-refractivity contribution is 9.10. The molecule has 196 valence electrons. The Morgan fingerprint density at radius 3 is 2.47 bits per heavy atom. The largest absolute Gasteiger partial charge is 0.497 e. The summed E-state index contributed by atoms with van der Waals surface area (Å²) in [4.78, 5) is 13.0. The van der Waals surface area contributed by atoms with E-state index in [0.29, 0.717) is 11.4 Å². The van der Waals surface area contributed by atoms with Gasteiger partial charge in [0.1, 0.15) is 12.3 Å². The zero-order chi connectivity index (χ0) is 27.3. The second-order valence-corrected chi connectivity index (χ2v) is 11.2. The van der Waals surface area contributed by atoms with E-state index in [1.165, 1.54) is 19.2 Å². The quantitative estimate of drug-likeness (QED) is 0.213. The summed E-state index contributed by atoms with van der Waals surface area (Å²) in [6.45, 7) is 3.48. The topological polar surface area (TPSA) is 93.0 Å². The molecule has 1 N–H and O–H groups in total. The first-order valence-electron chi connectivity index (χ1n) is 11.7. The third-order valence-corrected chi connectivity index (χ3v) is 8.17. The van der Waals surface area contributed by atoms with E-state index in [0.717, 1.165) is 31.4 Å². The molecule has 0 saturated heterocycles. The fourth-order valence-electron chi connectivity index (χ4n) is 4.07. The molecule has 0 radical (unpaired) electrons. The maximum atomic E-state index is 13.5. The number of aryl methyl sites for hydroxylation is 1. The number of hydrogen-bond acceptors (Lipinski definition) is 5. The molecule has 1 heterocycles. The average Bonchev–Trinajstić information content (AvgIpc) is 3.20. The predicted molar refractivity (Wildman–Crippen MR) is 153 cm³/mol. The first-order valence-corrected chi connectivity index (χ1v) is 13.9. The zero-order valence-electron chi connectivity index (χ0n) is 21.1. The fraction of sp³-hybridized carbons (Fsp3) is 0.143. The van der Waals surface area contributed by atoms with Crippen LogP contribution in [0.3, 0.4) is 0 Å². The Hall–Kier alpha value is -3.89. The van der Waals surface area contributed by atoms with Crippen LogP contribution in [0.5, 0.6) is 5.75 Å². The van der Waals surface area contributed by atoms with Gasteiger partial charge in [0.25, 0.3) is 15.9 Å². The zero-order valence-corrected chi connectivity index (χ0v) is 23.5. The first-order chi connectivity index (χ1) is 18.2. The second kappa shape index (κ2) is 11.7. The lowest BCUT2D eigenvalue weighted by Crippen LogP contribution is -2.39. The van der Waals surface area contributed by atoms with Crippen LogP contribution in [-0.2, 0) is 14.8 Å². The van der Waals surface area contributed by atoms with Crippen molar-refractivity contribution in [2.24, 2.45) is 5.10 Å². The number of benzene rings is 3. The number of nitrogens with zero attached hydrogens (tertiary/aromatic N) is 3. The molecule has 10 heteroatoms. The van der Waals surface area contributed by atoms with E-state index in [4.69, 9.17) is 4.74 Å². The van der Waals surface area contributed by atoms with Gasteiger partial charge in [0, 0.05) is 33.2 Å². The second-order valence-electron chi connectivity index (χ2n) is 8.46. The van der Waals surface area contributed by atoms with Crippen molar-refractivity contribution in [2.45, 2.75) is 18.7 Å². The van der Waals surface area contributed by atoms with E-state index in [-0.39, 0.29) is 4.90 Å². The van der Waals surface area contributed by atoms with Crippen LogP contribution < -0.4 is 14.5 Å². The summed E-state index contributed by atoms with van der Waals surface area (Å²) < 4.78 is 36.3. The molecular weight excluding hydrogens is 568 g/mol. The molecule has 1 aromatic heterocycles. The van der Waals surface area contributed by atoms with Crippen LogP contribution in [0.25, 0.3) is 5.69 Å². The minimum atomic E-state index is -4.04. The van der Waals surface area contributed by atoms with Crippen molar-refractivity contribution in [1.29, 1.82) is 0 Å². The molecule has 0 aliphatic heterocycles. The summed E-state index contributed by atoms with van der Waals surface area (Å²) in [6.07, 6.45) is 1.55. The van der Waals surface area contributed by atoms with Crippen molar-refractivity contribution in [3.05, 3.63) is 106 Å². The van der Waals surface area contributed by atoms with E-state index in [2.05, 4.69) is 31.0 Å². The monoisotopic (exact) mass is 594 g/mol. The van der Waals surface area contributed by atoms with Crippen molar-refractivity contribution < 1.29 is 17.9 Å². The maximum Gasteiger partial charge on any atom is 0.264 e. The molecule has 0 saturated carbocycles. The SMILES string of the molecule is COc1cccc(N(CC(=O)N/N=C\c2cc(C)n(-c3cccc(Br)c3)c2C)S(=O)(=O)c2ccccc2)c1. The van der Waals surface area contributed by atoms with Gasteiger partial charge in [-0.25, -0.2) is 13.8 Å². The van der Waals surface area contributed by atoms with Crippen LogP contribution in [0.2, 0.25) is 0 Å². The normalized spacial score (nSPS) is 11.5. The molecule has 0 fully saturated rings. The van der Waals surface area contributed by atoms with E-state index < -0.39 is 22.5 Å². The van der Waals surface area contributed by atoms with Crippen LogP contribution in [0.15, 0.2) is 99.4 Å². The molecule has 38 heavy (non-hydrogen) atoms. The van der Waals surface area contributed by atoms with Crippen molar-refractivity contribution in [3.63, 3.8) is 0 Å². The molecule has 0 aliphatic rings. The Morgan fingerprint density at radius 1 is 1.03 bits per heavy atom. The summed E-state index contributed by atoms with van der Waals surface area (Å²) >= 11 is 3.51. The average molecular weight is 596 g/mol. The molecule has 0 spiro atoms. The number of ether oxygens (including phenoxy) is 1. The van der Waals surface area contributed by atoms with Crippen molar-refractivity contribution in [3.8, 4) is 11.4 Å². The number of anilines is 1. The molecular formula is C28H27BrN4O4S. The van der Waals surface area contributed by atoms with Gasteiger partial charge in [-0.2, -0.15) is 5.10 Å². The van der Waals surface area contributed by atoms with Gasteiger partial charge in [-0.15, -0.1) is 0 Å². The van der Waals surface area contributed by atoms with Gasteiger partial charge in [-0.05, 0) is 62.4 Å². The van der Waals surface area contributed by atoms with Gasteiger partial charge < -0.3 is 9.30 Å². The van der Waals surface area contributed by atoms with Gasteiger partial charge in [0.2, 0.25) is 0 Å². The fourth-order valence-corrected chi connectivity index (χ4v) is 5.89. The van der Waals surface area contributed by atoms with E-state index in [1.54, 1.807) is 48.7 Å². The molecule has 4 aromatic rings. The maximum absolute atomic E-state index is 13.5. The molecule has 0 unspecified atom stereocenters. The summed E-state index contributed by atoms with van der Waals surface area (Å²) in [5, 5.41) is 4.11. The molecule has 0 bridgehead atoms. The first kappa shape index (κ1) is 27.2. The van der Waals surface area contributed by atoms with Gasteiger partial charge >= 0.3 is 0 Å². The lowest BCUT2D eigenvalue weighted by molar-refractivity contribution is -0.119. The van der Waals surface area contributed by atoms with Gasteiger partial charge in [0.15, 0.2) is 0 Å². The minimum absolute atomic E-state index is 0.0686. The van der Waals surface area contributed by atoms with Crippen LogP contribution in [0.4, 0.5) is 5.69 Å². The number of carbonyl (C=O) groups is 1. The Morgan fingerprint density at radius 2 is 1.76 bits per heavy atom. The number of hydrazone groups is 1. The number of hydrogen-bond donors (Lipinski definition) is 1. The molecule has 8 nitrogen and oxygen atoms in total. The number of halogens is 1. The third kappa shape index (κ3) is 5.98. The summed E-state index contributed by atoms with van der Waals surface area (Å²) in [5.41, 5.74) is 6.54. The number of sulfonamides is 1. The Balaban J connectivity index is 1.56. The van der Waals surface area contributed by atoms with E-state index >= 15 is 0 Å². The lowest BCUT2D eigenvalue weighted by Gasteiger charge is -2.24. The van der Waals surface area contributed by atoms with E-state index in [1.807, 2.05) is 44.2 Å². The number of nitrogens with one attached hydrogen (secondary N) is 1. The number of carbonyl (C=O) groups excluding carboxylic acids is 1. The minimum Gasteiger partial charge on any atom is -0.497 e. The van der Waals surface area contributed by atoms with Crippen molar-refractivity contribution in [2.75, 3.05) is 18.0 Å². The summed E-state index contributed by atoms with van der Waals surface area (Å²) in [5.74, 6) is -0.126. The lowest BCUT2D eigenvalue weighted by atomic mass is 10.2. The Labute approximate surface area is 230 Å². The molecule has 0 atom stereocenters. The molecule has 0 aliphatic carbocycles. The number of methoxy groups -OCH3 is 1. The highest BCUT2D eigenvalue weighted by Crippen LogP contribution is 2.27. The van der Waals surface area contributed by atoms with Crippen molar-refractivity contribution >= 4 is 43.8 Å². The Kier molecular flexibility index (Phi) is 8.33. The van der Waals surface area contributed by atoms with E-state index in [9.17, 15) is 13.2 Å². The predicted octanol–water partition coefficient (Wildman–Crippen LogP) is 5.21. The standard InChI is InChI=1S/C28H27BrN4O4S/c1-20-15-22(21(2)33(20)25-11-7-9-23(29)16-25)18-30-31-28(34)19-32(24-10-8-12-26(17-24)37-3)38(35,36)27-13-5-4-6-14-27/h4-18H,19H2,1-3H3,(H,31,34)/b30-18-. The van der Waals surface area contributed by atoms with Crippen LogP contribution >= 0.6 is 15.9 Å². The van der Waals surface area contributed by atoms with Crippen LogP contribution in [-0.4, -0.2) is 38.8 Å². The van der Waals surface area contributed by atoms with Crippen LogP contribution in [0, 0.1) is 13.8 Å². The van der Waals surface area contributed by atoms with Gasteiger partial charge in [0.05, 0.1) is 23.9 Å². The third-order valence-electron chi connectivity index (χ3n) is 5.89. The molecule has 4 rings (SSSR count).